The first-order valence-corrected chi connectivity index (χ1v) is 5.57. The molecule has 1 aromatic heterocycles. The Labute approximate surface area is 99.5 Å². The summed E-state index contributed by atoms with van der Waals surface area (Å²) in [7, 11) is 0. The lowest BCUT2D eigenvalue weighted by Gasteiger charge is -2.05. The van der Waals surface area contributed by atoms with Crippen molar-refractivity contribution in [2.24, 2.45) is 0 Å². The molecule has 0 radical (unpaired) electrons. The van der Waals surface area contributed by atoms with Crippen LogP contribution in [0.3, 0.4) is 0 Å². The topological polar surface area (TPSA) is 38.0 Å². The van der Waals surface area contributed by atoms with Crippen molar-refractivity contribution in [2.45, 2.75) is 26.4 Å². The standard InChI is InChI=1S/C13H15FN2O/c1-9(2)12-5-6-16(15-12)13-4-3-10(8-17)7-11(13)14/h3-7,9,17H,8H2,1-2H3. The van der Waals surface area contributed by atoms with E-state index in [1.807, 2.05) is 19.9 Å². The summed E-state index contributed by atoms with van der Waals surface area (Å²) in [6, 6.07) is 6.52. The number of aliphatic hydroxyl groups excluding tert-OH is 1. The lowest BCUT2D eigenvalue weighted by atomic mass is 10.1. The molecule has 2 aromatic rings. The minimum Gasteiger partial charge on any atom is -0.392 e. The second-order valence-corrected chi connectivity index (χ2v) is 4.28. The largest absolute Gasteiger partial charge is 0.392 e. The molecule has 1 heterocycles. The molecule has 1 N–H and O–H groups in total. The molecule has 0 amide bonds. The van der Waals surface area contributed by atoms with E-state index in [-0.39, 0.29) is 12.4 Å². The van der Waals surface area contributed by atoms with E-state index in [0.29, 0.717) is 17.2 Å². The maximum atomic E-state index is 13.8. The first kappa shape index (κ1) is 11.8. The molecular weight excluding hydrogens is 219 g/mol. The highest BCUT2D eigenvalue weighted by Gasteiger charge is 2.09. The van der Waals surface area contributed by atoms with Crippen molar-refractivity contribution in [3.8, 4) is 5.69 Å². The number of hydrogen-bond acceptors (Lipinski definition) is 2. The molecule has 2 rings (SSSR count). The number of aliphatic hydroxyl groups is 1. The maximum Gasteiger partial charge on any atom is 0.149 e. The van der Waals surface area contributed by atoms with Crippen LogP contribution >= 0.6 is 0 Å². The van der Waals surface area contributed by atoms with Crippen molar-refractivity contribution in [2.75, 3.05) is 0 Å². The first-order chi connectivity index (χ1) is 8.11. The summed E-state index contributed by atoms with van der Waals surface area (Å²) >= 11 is 0. The minimum absolute atomic E-state index is 0.159. The molecule has 0 aliphatic rings. The first-order valence-electron chi connectivity index (χ1n) is 5.57. The van der Waals surface area contributed by atoms with Crippen molar-refractivity contribution < 1.29 is 9.50 Å². The average molecular weight is 234 g/mol. The Bertz CT molecular complexity index is 520. The van der Waals surface area contributed by atoms with E-state index in [9.17, 15) is 4.39 Å². The molecule has 0 aliphatic heterocycles. The van der Waals surface area contributed by atoms with E-state index in [0.717, 1.165) is 5.69 Å². The lowest BCUT2D eigenvalue weighted by molar-refractivity contribution is 0.281. The second-order valence-electron chi connectivity index (χ2n) is 4.28. The summed E-state index contributed by atoms with van der Waals surface area (Å²) in [5.41, 5.74) is 1.88. The van der Waals surface area contributed by atoms with Gasteiger partial charge in [-0.15, -0.1) is 0 Å². The fraction of sp³-hybridized carbons (Fsp3) is 0.308. The fourth-order valence-electron chi connectivity index (χ4n) is 1.61. The third kappa shape index (κ3) is 2.36. The molecule has 0 aliphatic carbocycles. The van der Waals surface area contributed by atoms with Gasteiger partial charge >= 0.3 is 0 Å². The van der Waals surface area contributed by atoms with Crippen molar-refractivity contribution in [3.05, 3.63) is 47.5 Å². The van der Waals surface area contributed by atoms with E-state index in [1.165, 1.54) is 10.7 Å². The van der Waals surface area contributed by atoms with Crippen LogP contribution in [0.15, 0.2) is 30.5 Å². The zero-order valence-electron chi connectivity index (χ0n) is 9.89. The quantitative estimate of drug-likeness (QED) is 0.886. The van der Waals surface area contributed by atoms with Gasteiger partial charge in [0.2, 0.25) is 0 Å². The highest BCUT2D eigenvalue weighted by atomic mass is 19.1. The van der Waals surface area contributed by atoms with E-state index in [2.05, 4.69) is 5.10 Å². The average Bonchev–Trinajstić information content (AvgIpc) is 2.78. The van der Waals surface area contributed by atoms with Crippen LogP contribution in [0.1, 0.15) is 31.0 Å². The van der Waals surface area contributed by atoms with Crippen LogP contribution in [0.2, 0.25) is 0 Å². The van der Waals surface area contributed by atoms with Crippen molar-refractivity contribution in [3.63, 3.8) is 0 Å². The van der Waals surface area contributed by atoms with E-state index >= 15 is 0 Å². The Balaban J connectivity index is 2.38. The molecule has 0 bridgehead atoms. The summed E-state index contributed by atoms with van der Waals surface area (Å²) in [6.07, 6.45) is 1.74. The summed E-state index contributed by atoms with van der Waals surface area (Å²) < 4.78 is 15.3. The third-order valence-corrected chi connectivity index (χ3v) is 2.64. The van der Waals surface area contributed by atoms with Crippen molar-refractivity contribution in [1.29, 1.82) is 0 Å². The van der Waals surface area contributed by atoms with Gasteiger partial charge in [0.05, 0.1) is 12.3 Å². The smallest absolute Gasteiger partial charge is 0.149 e. The van der Waals surface area contributed by atoms with E-state index in [4.69, 9.17) is 5.11 Å². The van der Waals surface area contributed by atoms with Gasteiger partial charge in [-0.25, -0.2) is 9.07 Å². The van der Waals surface area contributed by atoms with Gasteiger partial charge in [-0.05, 0) is 29.7 Å². The number of nitrogens with zero attached hydrogens (tertiary/aromatic N) is 2. The second kappa shape index (κ2) is 4.67. The molecule has 1 aromatic carbocycles. The predicted molar refractivity (Wildman–Crippen MR) is 63.5 cm³/mol. The van der Waals surface area contributed by atoms with Gasteiger partial charge < -0.3 is 5.11 Å². The number of hydrogen-bond donors (Lipinski definition) is 1. The number of halogens is 1. The van der Waals surface area contributed by atoms with Crippen LogP contribution in [0, 0.1) is 5.82 Å². The van der Waals surface area contributed by atoms with Crippen molar-refractivity contribution in [1.82, 2.24) is 9.78 Å². The Hall–Kier alpha value is -1.68. The van der Waals surface area contributed by atoms with Gasteiger partial charge in [-0.3, -0.25) is 0 Å². The van der Waals surface area contributed by atoms with Crippen LogP contribution in [0.4, 0.5) is 4.39 Å². The van der Waals surface area contributed by atoms with Gasteiger partial charge in [-0.1, -0.05) is 19.9 Å². The highest BCUT2D eigenvalue weighted by Crippen LogP contribution is 2.17. The van der Waals surface area contributed by atoms with Gasteiger partial charge in [0.15, 0.2) is 0 Å². The molecule has 0 unspecified atom stereocenters. The molecule has 0 spiro atoms. The Morgan fingerprint density at radius 1 is 1.35 bits per heavy atom. The molecule has 4 heteroatoms. The molecule has 90 valence electrons. The van der Waals surface area contributed by atoms with Crippen LogP contribution in [0.5, 0.6) is 0 Å². The predicted octanol–water partition coefficient (Wildman–Crippen LogP) is 2.63. The molecule has 0 atom stereocenters. The fourth-order valence-corrected chi connectivity index (χ4v) is 1.61. The molecule has 0 fully saturated rings. The molecule has 0 saturated carbocycles. The summed E-state index contributed by atoms with van der Waals surface area (Å²) in [6.45, 7) is 3.92. The minimum atomic E-state index is -0.380. The number of rotatable bonds is 3. The number of benzene rings is 1. The molecule has 3 nitrogen and oxygen atoms in total. The molecular formula is C13H15FN2O. The summed E-state index contributed by atoms with van der Waals surface area (Å²) in [5.74, 6) is -0.0639. The maximum absolute atomic E-state index is 13.8. The Morgan fingerprint density at radius 2 is 2.12 bits per heavy atom. The van der Waals surface area contributed by atoms with Gasteiger partial charge in [0.25, 0.3) is 0 Å². The van der Waals surface area contributed by atoms with Crippen LogP contribution in [-0.2, 0) is 6.61 Å². The van der Waals surface area contributed by atoms with Gasteiger partial charge in [0.1, 0.15) is 11.5 Å². The number of aromatic nitrogens is 2. The Morgan fingerprint density at radius 3 is 2.65 bits per heavy atom. The SMILES string of the molecule is CC(C)c1ccn(-c2ccc(CO)cc2F)n1. The molecule has 0 saturated heterocycles. The van der Waals surface area contributed by atoms with Crippen LogP contribution in [-0.4, -0.2) is 14.9 Å². The van der Waals surface area contributed by atoms with E-state index < -0.39 is 0 Å². The van der Waals surface area contributed by atoms with Gasteiger partial charge in [0, 0.05) is 6.20 Å². The summed E-state index contributed by atoms with van der Waals surface area (Å²) in [5, 5.41) is 13.2. The van der Waals surface area contributed by atoms with Crippen molar-refractivity contribution >= 4 is 0 Å². The third-order valence-electron chi connectivity index (χ3n) is 2.64. The zero-order chi connectivity index (χ0) is 12.4. The highest BCUT2D eigenvalue weighted by molar-refractivity contribution is 5.36. The van der Waals surface area contributed by atoms with Gasteiger partial charge in [-0.2, -0.15) is 5.10 Å². The zero-order valence-corrected chi connectivity index (χ0v) is 9.89. The lowest BCUT2D eigenvalue weighted by Crippen LogP contribution is -2.01. The summed E-state index contributed by atoms with van der Waals surface area (Å²) in [4.78, 5) is 0. The van der Waals surface area contributed by atoms with E-state index in [1.54, 1.807) is 18.3 Å². The monoisotopic (exact) mass is 234 g/mol. The normalized spacial score (nSPS) is 11.1. The Kier molecular flexibility index (Phi) is 3.24. The van der Waals surface area contributed by atoms with Crippen LogP contribution < -0.4 is 0 Å². The van der Waals surface area contributed by atoms with Crippen LogP contribution in [0.25, 0.3) is 5.69 Å². The molecule has 17 heavy (non-hydrogen) atoms.